The van der Waals surface area contributed by atoms with Crippen LogP contribution in [0.15, 0.2) is 36.5 Å². The number of hydrogen-bond donors (Lipinski definition) is 1. The van der Waals surface area contributed by atoms with Crippen LogP contribution in [0.25, 0.3) is 0 Å². The van der Waals surface area contributed by atoms with E-state index in [9.17, 15) is 0 Å². The maximum Gasteiger partial charge on any atom is 0.0431 e. The smallest absolute Gasteiger partial charge is 0.0431 e. The van der Waals surface area contributed by atoms with E-state index in [1.807, 2.05) is 0 Å². The van der Waals surface area contributed by atoms with Crippen LogP contribution in [0.3, 0.4) is 0 Å². The molecule has 0 aromatic heterocycles. The highest BCUT2D eigenvalue weighted by atomic mass is 16.2. The van der Waals surface area contributed by atoms with Gasteiger partial charge in [-0.05, 0) is 51.4 Å². The molecule has 0 aromatic carbocycles. The van der Waals surface area contributed by atoms with E-state index in [-0.39, 0.29) is 0 Å². The lowest BCUT2D eigenvalue weighted by molar-refractivity contribution is 0.285. The average Bonchev–Trinajstić information content (AvgIpc) is 2.43. The zero-order chi connectivity index (χ0) is 14.0. The predicted octanol–water partition coefficient (Wildman–Crippen LogP) is 5.57. The molecule has 110 valence electrons. The molecule has 0 aliphatic rings. The SMILES string of the molecule is CCCCC/C=C\C/C=C\CC/C=C\CCCCO. The Morgan fingerprint density at radius 3 is 1.79 bits per heavy atom. The van der Waals surface area contributed by atoms with E-state index in [1.54, 1.807) is 0 Å². The van der Waals surface area contributed by atoms with Gasteiger partial charge in [-0.25, -0.2) is 0 Å². The van der Waals surface area contributed by atoms with Crippen LogP contribution in [-0.2, 0) is 0 Å². The Bertz CT molecular complexity index is 238. The van der Waals surface area contributed by atoms with Gasteiger partial charge in [-0.2, -0.15) is 0 Å². The van der Waals surface area contributed by atoms with E-state index < -0.39 is 0 Å². The first-order valence-corrected chi connectivity index (χ1v) is 7.97. The fourth-order valence-corrected chi connectivity index (χ4v) is 1.82. The van der Waals surface area contributed by atoms with Crippen LogP contribution in [-0.4, -0.2) is 11.7 Å². The number of hydrogen-bond acceptors (Lipinski definition) is 1. The van der Waals surface area contributed by atoms with Crippen LogP contribution >= 0.6 is 0 Å². The topological polar surface area (TPSA) is 20.2 Å². The predicted molar refractivity (Wildman–Crippen MR) is 86.3 cm³/mol. The van der Waals surface area contributed by atoms with Crippen LogP contribution < -0.4 is 0 Å². The van der Waals surface area contributed by atoms with Crippen molar-refractivity contribution in [1.29, 1.82) is 0 Å². The third-order valence-corrected chi connectivity index (χ3v) is 3.03. The van der Waals surface area contributed by atoms with Gasteiger partial charge < -0.3 is 5.11 Å². The maximum absolute atomic E-state index is 8.63. The van der Waals surface area contributed by atoms with Crippen LogP contribution in [0, 0.1) is 0 Å². The molecule has 0 fully saturated rings. The average molecular weight is 264 g/mol. The molecule has 0 aliphatic carbocycles. The molecule has 0 saturated heterocycles. The lowest BCUT2D eigenvalue weighted by atomic mass is 10.2. The van der Waals surface area contributed by atoms with Crippen LogP contribution in [0.5, 0.6) is 0 Å². The molecule has 1 heteroatoms. The van der Waals surface area contributed by atoms with Gasteiger partial charge >= 0.3 is 0 Å². The molecule has 0 amide bonds. The van der Waals surface area contributed by atoms with E-state index >= 15 is 0 Å². The molecule has 0 saturated carbocycles. The summed E-state index contributed by atoms with van der Waals surface area (Å²) in [5.41, 5.74) is 0. The second-order valence-electron chi connectivity index (χ2n) is 4.94. The summed E-state index contributed by atoms with van der Waals surface area (Å²) in [5, 5.41) is 8.63. The quantitative estimate of drug-likeness (QED) is 0.340. The first kappa shape index (κ1) is 18.2. The van der Waals surface area contributed by atoms with Gasteiger partial charge in [0.1, 0.15) is 0 Å². The second kappa shape index (κ2) is 17.2. The fraction of sp³-hybridized carbons (Fsp3) is 0.667. The van der Waals surface area contributed by atoms with Gasteiger partial charge in [0.2, 0.25) is 0 Å². The third-order valence-electron chi connectivity index (χ3n) is 3.03. The van der Waals surface area contributed by atoms with Crippen LogP contribution in [0.4, 0.5) is 0 Å². The van der Waals surface area contributed by atoms with E-state index in [1.165, 1.54) is 25.7 Å². The highest BCUT2D eigenvalue weighted by Crippen LogP contribution is 2.02. The first-order chi connectivity index (χ1) is 9.41. The highest BCUT2D eigenvalue weighted by molar-refractivity contribution is 4.94. The summed E-state index contributed by atoms with van der Waals surface area (Å²) in [6, 6.07) is 0. The molecule has 0 spiro atoms. The minimum Gasteiger partial charge on any atom is -0.396 e. The van der Waals surface area contributed by atoms with Crippen molar-refractivity contribution >= 4 is 0 Å². The molecule has 1 N–H and O–H groups in total. The third kappa shape index (κ3) is 17.2. The first-order valence-electron chi connectivity index (χ1n) is 7.97. The second-order valence-corrected chi connectivity index (χ2v) is 4.94. The molecule has 0 radical (unpaired) electrons. The zero-order valence-corrected chi connectivity index (χ0v) is 12.7. The fourth-order valence-electron chi connectivity index (χ4n) is 1.82. The summed E-state index contributed by atoms with van der Waals surface area (Å²) < 4.78 is 0. The van der Waals surface area contributed by atoms with Crippen molar-refractivity contribution in [2.75, 3.05) is 6.61 Å². The molecule has 0 unspecified atom stereocenters. The molecule has 0 atom stereocenters. The normalized spacial score (nSPS) is 12.3. The van der Waals surface area contributed by atoms with Crippen molar-refractivity contribution in [1.82, 2.24) is 0 Å². The number of allylic oxidation sites excluding steroid dienone is 6. The van der Waals surface area contributed by atoms with Gasteiger partial charge in [-0.15, -0.1) is 0 Å². The maximum atomic E-state index is 8.63. The molecule has 0 aromatic rings. The van der Waals surface area contributed by atoms with Crippen LogP contribution in [0.2, 0.25) is 0 Å². The summed E-state index contributed by atoms with van der Waals surface area (Å²) in [7, 11) is 0. The number of aliphatic hydroxyl groups excluding tert-OH is 1. The summed E-state index contributed by atoms with van der Waals surface area (Å²) >= 11 is 0. The van der Waals surface area contributed by atoms with Crippen molar-refractivity contribution < 1.29 is 5.11 Å². The van der Waals surface area contributed by atoms with E-state index in [4.69, 9.17) is 5.11 Å². The van der Waals surface area contributed by atoms with Gasteiger partial charge in [0.05, 0.1) is 0 Å². The van der Waals surface area contributed by atoms with E-state index in [0.29, 0.717) is 6.61 Å². The molecule has 0 rings (SSSR count). The molecular formula is C18H32O. The van der Waals surface area contributed by atoms with Crippen molar-refractivity contribution in [3.8, 4) is 0 Å². The van der Waals surface area contributed by atoms with Crippen molar-refractivity contribution in [2.24, 2.45) is 0 Å². The largest absolute Gasteiger partial charge is 0.396 e. The summed E-state index contributed by atoms with van der Waals surface area (Å²) in [6.45, 7) is 2.57. The molecule has 19 heavy (non-hydrogen) atoms. The zero-order valence-electron chi connectivity index (χ0n) is 12.7. The van der Waals surface area contributed by atoms with E-state index in [0.717, 1.165) is 38.5 Å². The monoisotopic (exact) mass is 264 g/mol. The lowest BCUT2D eigenvalue weighted by Gasteiger charge is -1.92. The van der Waals surface area contributed by atoms with Gasteiger partial charge in [0.15, 0.2) is 0 Å². The lowest BCUT2D eigenvalue weighted by Crippen LogP contribution is -1.80. The standard InChI is InChI=1S/C18H32O/c1-2-3-4-5-6-7-8-9-10-11-12-13-14-15-16-17-18-19/h6-7,9-10,13-14,19H,2-5,8,11-12,15-18H2,1H3/b7-6-,10-9-,14-13-. The van der Waals surface area contributed by atoms with Crippen LogP contribution in [0.1, 0.15) is 71.1 Å². The molecule has 0 heterocycles. The van der Waals surface area contributed by atoms with Crippen molar-refractivity contribution in [3.05, 3.63) is 36.5 Å². The summed E-state index contributed by atoms with van der Waals surface area (Å²) in [5.74, 6) is 0. The Hall–Kier alpha value is -0.820. The Balaban J connectivity index is 3.25. The van der Waals surface area contributed by atoms with Gasteiger partial charge in [0.25, 0.3) is 0 Å². The summed E-state index contributed by atoms with van der Waals surface area (Å²) in [4.78, 5) is 0. The Morgan fingerprint density at radius 2 is 1.16 bits per heavy atom. The Labute approximate surface area is 120 Å². The van der Waals surface area contributed by atoms with Gasteiger partial charge in [-0.3, -0.25) is 0 Å². The molecule has 1 nitrogen and oxygen atoms in total. The number of unbranched alkanes of at least 4 members (excludes halogenated alkanes) is 6. The Morgan fingerprint density at radius 1 is 0.632 bits per heavy atom. The van der Waals surface area contributed by atoms with Gasteiger partial charge in [0, 0.05) is 6.61 Å². The molecular weight excluding hydrogens is 232 g/mol. The number of rotatable bonds is 13. The van der Waals surface area contributed by atoms with E-state index in [2.05, 4.69) is 43.4 Å². The molecule has 0 bridgehead atoms. The number of aliphatic hydroxyl groups is 1. The Kier molecular flexibility index (Phi) is 16.4. The van der Waals surface area contributed by atoms with Crippen molar-refractivity contribution in [3.63, 3.8) is 0 Å². The minimum absolute atomic E-state index is 0.322. The summed E-state index contributed by atoms with van der Waals surface area (Å²) in [6.07, 6.45) is 25.3. The van der Waals surface area contributed by atoms with Crippen molar-refractivity contribution in [2.45, 2.75) is 71.1 Å². The minimum atomic E-state index is 0.322. The van der Waals surface area contributed by atoms with Gasteiger partial charge in [-0.1, -0.05) is 56.2 Å². The molecule has 0 aliphatic heterocycles. The highest BCUT2D eigenvalue weighted by Gasteiger charge is 1.83.